The maximum atomic E-state index is 12.3. The molecule has 0 heterocycles. The summed E-state index contributed by atoms with van der Waals surface area (Å²) >= 11 is 0. The lowest BCUT2D eigenvalue weighted by atomic mass is 9.91. The van der Waals surface area contributed by atoms with Crippen LogP contribution in [0.2, 0.25) is 0 Å². The van der Waals surface area contributed by atoms with Gasteiger partial charge in [0.25, 0.3) is 0 Å². The van der Waals surface area contributed by atoms with E-state index in [1.807, 2.05) is 26.8 Å². The van der Waals surface area contributed by atoms with Gasteiger partial charge in [-0.25, -0.2) is 0 Å². The Morgan fingerprint density at radius 3 is 2.23 bits per heavy atom. The highest BCUT2D eigenvalue weighted by molar-refractivity contribution is 5.97. The highest BCUT2D eigenvalue weighted by Crippen LogP contribution is 2.20. The van der Waals surface area contributed by atoms with Gasteiger partial charge < -0.3 is 5.11 Å². The summed E-state index contributed by atoms with van der Waals surface area (Å²) in [6, 6.07) is 0. The summed E-state index contributed by atoms with van der Waals surface area (Å²) in [7, 11) is 0. The first-order valence-corrected chi connectivity index (χ1v) is 8.81. The topological polar surface area (TPSA) is 37.3 Å². The van der Waals surface area contributed by atoms with Gasteiger partial charge in [-0.2, -0.15) is 0 Å². The fourth-order valence-corrected chi connectivity index (χ4v) is 3.11. The number of ketones is 1. The van der Waals surface area contributed by atoms with Gasteiger partial charge in [0.2, 0.25) is 0 Å². The standard InChI is InChI=1S/C20H36O2/c1-8-10-14(3)11-15(4)12-16(5)13-17(6)20(22)18(7)19(21)9-2/h12-15,18-19,21H,8-11H2,1-7H3. The Bertz CT molecular complexity index is 393. The van der Waals surface area contributed by atoms with Gasteiger partial charge in [-0.1, -0.05) is 65.2 Å². The fourth-order valence-electron chi connectivity index (χ4n) is 3.11. The summed E-state index contributed by atoms with van der Waals surface area (Å²) in [4.78, 5) is 12.3. The maximum absolute atomic E-state index is 12.3. The molecule has 0 rings (SSSR count). The van der Waals surface area contributed by atoms with Crippen LogP contribution >= 0.6 is 0 Å². The van der Waals surface area contributed by atoms with Crippen molar-refractivity contribution in [2.45, 2.75) is 80.3 Å². The van der Waals surface area contributed by atoms with Crippen molar-refractivity contribution in [1.82, 2.24) is 0 Å². The molecule has 0 amide bonds. The average Bonchev–Trinajstić information content (AvgIpc) is 2.44. The van der Waals surface area contributed by atoms with Crippen molar-refractivity contribution >= 4 is 5.78 Å². The van der Waals surface area contributed by atoms with Gasteiger partial charge in [0.05, 0.1) is 6.10 Å². The predicted molar refractivity (Wildman–Crippen MR) is 95.8 cm³/mol. The molecule has 0 bridgehead atoms. The molecule has 0 saturated carbocycles. The highest BCUT2D eigenvalue weighted by atomic mass is 16.3. The van der Waals surface area contributed by atoms with Crippen LogP contribution in [0.4, 0.5) is 0 Å². The van der Waals surface area contributed by atoms with E-state index in [-0.39, 0.29) is 11.7 Å². The molecule has 0 radical (unpaired) electrons. The van der Waals surface area contributed by atoms with Crippen LogP contribution in [0.15, 0.2) is 23.3 Å². The molecular formula is C20H36O2. The minimum Gasteiger partial charge on any atom is -0.392 e. The Hall–Kier alpha value is -0.890. The molecule has 4 unspecified atom stereocenters. The molecule has 1 N–H and O–H groups in total. The molecule has 0 aliphatic heterocycles. The fraction of sp³-hybridized carbons (Fsp3) is 0.750. The number of carbonyl (C=O) groups is 1. The second-order valence-electron chi connectivity index (χ2n) is 6.97. The minimum atomic E-state index is -0.547. The van der Waals surface area contributed by atoms with Crippen molar-refractivity contribution in [3.63, 3.8) is 0 Å². The Morgan fingerprint density at radius 1 is 1.14 bits per heavy atom. The molecule has 0 fully saturated rings. The average molecular weight is 309 g/mol. The van der Waals surface area contributed by atoms with Gasteiger partial charge >= 0.3 is 0 Å². The predicted octanol–water partition coefficient (Wildman–Crippen LogP) is 5.32. The van der Waals surface area contributed by atoms with E-state index in [4.69, 9.17) is 0 Å². The lowest BCUT2D eigenvalue weighted by Crippen LogP contribution is -2.25. The van der Waals surface area contributed by atoms with Gasteiger partial charge in [-0.05, 0) is 44.1 Å². The number of Topliss-reactive ketones (excluding diaryl/α,β-unsaturated/α-hetero) is 1. The Labute approximate surface area is 137 Å². The Morgan fingerprint density at radius 2 is 1.73 bits per heavy atom. The van der Waals surface area contributed by atoms with Crippen LogP contribution in [0.3, 0.4) is 0 Å². The molecule has 4 atom stereocenters. The summed E-state index contributed by atoms with van der Waals surface area (Å²) in [6.07, 6.45) is 7.98. The van der Waals surface area contributed by atoms with Crippen LogP contribution < -0.4 is 0 Å². The number of rotatable bonds is 10. The quantitative estimate of drug-likeness (QED) is 0.438. The molecule has 22 heavy (non-hydrogen) atoms. The van der Waals surface area contributed by atoms with Crippen LogP contribution in [0.1, 0.15) is 74.1 Å². The second kappa shape index (κ2) is 10.8. The van der Waals surface area contributed by atoms with Crippen molar-refractivity contribution in [2.75, 3.05) is 0 Å². The first-order valence-electron chi connectivity index (χ1n) is 8.81. The van der Waals surface area contributed by atoms with E-state index in [0.717, 1.165) is 17.1 Å². The first kappa shape index (κ1) is 21.1. The molecule has 128 valence electrons. The van der Waals surface area contributed by atoms with Crippen molar-refractivity contribution in [2.24, 2.45) is 17.8 Å². The molecule has 0 aromatic rings. The molecule has 0 saturated heterocycles. The number of aliphatic hydroxyl groups excluding tert-OH is 1. The molecule has 2 nitrogen and oxygen atoms in total. The number of carbonyl (C=O) groups excluding carboxylic acids is 1. The molecular weight excluding hydrogens is 272 g/mol. The molecule has 0 aliphatic rings. The zero-order chi connectivity index (χ0) is 17.3. The van der Waals surface area contributed by atoms with Crippen LogP contribution in [0.25, 0.3) is 0 Å². The van der Waals surface area contributed by atoms with E-state index in [1.165, 1.54) is 19.3 Å². The van der Waals surface area contributed by atoms with Crippen LogP contribution in [0, 0.1) is 17.8 Å². The van der Waals surface area contributed by atoms with Gasteiger partial charge in [0.15, 0.2) is 5.78 Å². The lowest BCUT2D eigenvalue weighted by Gasteiger charge is -2.16. The highest BCUT2D eigenvalue weighted by Gasteiger charge is 2.21. The van der Waals surface area contributed by atoms with Crippen LogP contribution in [0.5, 0.6) is 0 Å². The number of hydrogen-bond acceptors (Lipinski definition) is 2. The normalized spacial score (nSPS) is 18.7. The number of allylic oxidation sites excluding steroid dienone is 4. The van der Waals surface area contributed by atoms with Crippen LogP contribution in [-0.2, 0) is 4.79 Å². The minimum absolute atomic E-state index is 0.0501. The summed E-state index contributed by atoms with van der Waals surface area (Å²) in [5, 5.41) is 9.81. The summed E-state index contributed by atoms with van der Waals surface area (Å²) in [5.74, 6) is 1.000. The molecule has 0 aromatic carbocycles. The van der Waals surface area contributed by atoms with Crippen molar-refractivity contribution in [3.05, 3.63) is 23.3 Å². The van der Waals surface area contributed by atoms with Crippen molar-refractivity contribution in [3.8, 4) is 0 Å². The molecule has 0 aliphatic carbocycles. The summed E-state index contributed by atoms with van der Waals surface area (Å²) in [5.41, 5.74) is 1.88. The molecule has 2 heteroatoms. The van der Waals surface area contributed by atoms with Crippen molar-refractivity contribution in [1.29, 1.82) is 0 Å². The van der Waals surface area contributed by atoms with Gasteiger partial charge in [-0.3, -0.25) is 4.79 Å². The zero-order valence-electron chi connectivity index (χ0n) is 15.6. The van der Waals surface area contributed by atoms with Gasteiger partial charge in [-0.15, -0.1) is 0 Å². The van der Waals surface area contributed by atoms with Gasteiger partial charge in [0, 0.05) is 5.92 Å². The SMILES string of the molecule is CCCC(C)CC(C)C=C(C)C=C(C)C(=O)C(C)C(O)CC. The third kappa shape index (κ3) is 7.93. The maximum Gasteiger partial charge on any atom is 0.163 e. The van der Waals surface area contributed by atoms with Gasteiger partial charge in [0.1, 0.15) is 0 Å². The lowest BCUT2D eigenvalue weighted by molar-refractivity contribution is -0.121. The molecule has 0 spiro atoms. The number of aliphatic hydroxyl groups is 1. The summed E-state index contributed by atoms with van der Waals surface area (Å²) < 4.78 is 0. The second-order valence-corrected chi connectivity index (χ2v) is 6.97. The largest absolute Gasteiger partial charge is 0.392 e. The zero-order valence-corrected chi connectivity index (χ0v) is 15.6. The van der Waals surface area contributed by atoms with Crippen molar-refractivity contribution < 1.29 is 9.90 Å². The van der Waals surface area contributed by atoms with E-state index in [2.05, 4.69) is 33.8 Å². The van der Waals surface area contributed by atoms with E-state index < -0.39 is 6.10 Å². The Balaban J connectivity index is 4.74. The third-order valence-corrected chi connectivity index (χ3v) is 4.34. The third-order valence-electron chi connectivity index (χ3n) is 4.34. The monoisotopic (exact) mass is 308 g/mol. The van der Waals surface area contributed by atoms with E-state index in [9.17, 15) is 9.90 Å². The number of hydrogen-bond donors (Lipinski definition) is 1. The molecule has 0 aromatic heterocycles. The van der Waals surface area contributed by atoms with Crippen LogP contribution in [-0.4, -0.2) is 17.0 Å². The summed E-state index contributed by atoms with van der Waals surface area (Å²) in [6.45, 7) is 14.4. The first-order chi connectivity index (χ1) is 10.2. The Kier molecular flexibility index (Phi) is 10.3. The smallest absolute Gasteiger partial charge is 0.163 e. The van der Waals surface area contributed by atoms with E-state index in [0.29, 0.717) is 12.3 Å². The van der Waals surface area contributed by atoms with E-state index in [1.54, 1.807) is 0 Å². The van der Waals surface area contributed by atoms with E-state index >= 15 is 0 Å².